The summed E-state index contributed by atoms with van der Waals surface area (Å²) in [6.07, 6.45) is -1.03. The molecule has 2 amide bonds. The molecule has 1 aliphatic rings. The fourth-order valence-corrected chi connectivity index (χ4v) is 5.63. The lowest BCUT2D eigenvalue weighted by molar-refractivity contribution is -0.157. The molecule has 2 N–H and O–H groups in total. The molecule has 0 aliphatic heterocycles. The van der Waals surface area contributed by atoms with E-state index in [4.69, 9.17) is 18.9 Å². The summed E-state index contributed by atoms with van der Waals surface area (Å²) < 4.78 is 22.7. The average molecular weight is 665 g/mol. The fraction of sp³-hybridized carbons (Fsp3) is 0.325. The highest BCUT2D eigenvalue weighted by Crippen LogP contribution is 2.44. The lowest BCUT2D eigenvalue weighted by atomic mass is 9.98. The van der Waals surface area contributed by atoms with E-state index in [-0.39, 0.29) is 25.6 Å². The number of carbonyl (C=O) groups excluding carboxylic acids is 3. The van der Waals surface area contributed by atoms with Crippen LogP contribution in [0.25, 0.3) is 11.1 Å². The van der Waals surface area contributed by atoms with Crippen LogP contribution in [-0.4, -0.2) is 42.0 Å². The lowest BCUT2D eigenvalue weighted by Gasteiger charge is -2.25. The van der Waals surface area contributed by atoms with Gasteiger partial charge >= 0.3 is 18.2 Å². The number of rotatable bonds is 10. The van der Waals surface area contributed by atoms with Crippen LogP contribution in [0.2, 0.25) is 0 Å². The Bertz CT molecular complexity index is 1740. The van der Waals surface area contributed by atoms with Gasteiger partial charge in [-0.1, -0.05) is 72.8 Å². The molecule has 0 saturated carbocycles. The zero-order chi connectivity index (χ0) is 35.2. The van der Waals surface area contributed by atoms with Crippen molar-refractivity contribution in [2.75, 3.05) is 11.9 Å². The van der Waals surface area contributed by atoms with Gasteiger partial charge in [-0.15, -0.1) is 0 Å². The van der Waals surface area contributed by atoms with Crippen LogP contribution in [0.1, 0.15) is 69.7 Å². The Morgan fingerprint density at radius 3 is 1.92 bits per heavy atom. The first-order chi connectivity index (χ1) is 23.2. The van der Waals surface area contributed by atoms with Crippen molar-refractivity contribution in [2.45, 2.75) is 77.7 Å². The highest BCUT2D eigenvalue weighted by Gasteiger charge is 2.31. The van der Waals surface area contributed by atoms with E-state index < -0.39 is 35.4 Å². The van der Waals surface area contributed by atoms with Gasteiger partial charge in [-0.3, -0.25) is 5.32 Å². The van der Waals surface area contributed by atoms with Crippen molar-refractivity contribution in [3.63, 3.8) is 0 Å². The Labute approximate surface area is 287 Å². The van der Waals surface area contributed by atoms with Gasteiger partial charge in [0, 0.05) is 18.0 Å². The van der Waals surface area contributed by atoms with Gasteiger partial charge in [0.15, 0.2) is 0 Å². The Kier molecular flexibility index (Phi) is 10.6. The molecule has 0 radical (unpaired) electrons. The van der Waals surface area contributed by atoms with Gasteiger partial charge in [-0.2, -0.15) is 0 Å². The van der Waals surface area contributed by atoms with Crippen LogP contribution in [0, 0.1) is 0 Å². The number of benzene rings is 4. The molecule has 0 aromatic heterocycles. The molecular formula is C40H44N2O7. The smallest absolute Gasteiger partial charge is 0.412 e. The van der Waals surface area contributed by atoms with Crippen molar-refractivity contribution in [3.8, 4) is 16.9 Å². The first kappa shape index (κ1) is 35.0. The number of amides is 2. The van der Waals surface area contributed by atoms with Crippen molar-refractivity contribution in [3.05, 3.63) is 119 Å². The van der Waals surface area contributed by atoms with Crippen LogP contribution in [0.5, 0.6) is 5.75 Å². The lowest BCUT2D eigenvalue weighted by Crippen LogP contribution is -2.46. The third-order valence-corrected chi connectivity index (χ3v) is 7.67. The first-order valence-electron chi connectivity index (χ1n) is 16.4. The number of hydrogen-bond donors (Lipinski definition) is 2. The highest BCUT2D eigenvalue weighted by atomic mass is 16.6. The van der Waals surface area contributed by atoms with Crippen LogP contribution in [-0.2, 0) is 32.0 Å². The first-order valence-corrected chi connectivity index (χ1v) is 16.4. The largest absolute Gasteiger partial charge is 0.489 e. The van der Waals surface area contributed by atoms with E-state index in [1.807, 2.05) is 54.6 Å². The van der Waals surface area contributed by atoms with Crippen molar-refractivity contribution < 1.29 is 33.3 Å². The molecule has 0 unspecified atom stereocenters. The number of fused-ring (bicyclic) bond motifs is 3. The van der Waals surface area contributed by atoms with Crippen LogP contribution in [0.3, 0.4) is 0 Å². The third kappa shape index (κ3) is 9.85. The van der Waals surface area contributed by atoms with Crippen molar-refractivity contribution in [1.82, 2.24) is 5.32 Å². The number of hydrogen-bond acceptors (Lipinski definition) is 7. The minimum atomic E-state index is -0.971. The quantitative estimate of drug-likeness (QED) is 0.129. The molecule has 1 atom stereocenters. The number of esters is 1. The molecule has 0 saturated heterocycles. The second-order valence-electron chi connectivity index (χ2n) is 14.0. The van der Waals surface area contributed by atoms with Crippen molar-refractivity contribution in [2.24, 2.45) is 0 Å². The Balaban J connectivity index is 1.19. The van der Waals surface area contributed by atoms with Crippen LogP contribution in [0.15, 0.2) is 97.1 Å². The normalized spacial score (nSPS) is 13.0. The molecular weight excluding hydrogens is 620 g/mol. The summed E-state index contributed by atoms with van der Waals surface area (Å²) in [4.78, 5) is 38.5. The van der Waals surface area contributed by atoms with E-state index in [0.29, 0.717) is 11.4 Å². The van der Waals surface area contributed by atoms with Gasteiger partial charge in [0.2, 0.25) is 0 Å². The van der Waals surface area contributed by atoms with Crippen molar-refractivity contribution in [1.29, 1.82) is 0 Å². The maximum Gasteiger partial charge on any atom is 0.412 e. The molecule has 1 aliphatic carbocycles. The predicted molar refractivity (Wildman–Crippen MR) is 189 cm³/mol. The summed E-state index contributed by atoms with van der Waals surface area (Å²) in [5.74, 6) is -0.0387. The van der Waals surface area contributed by atoms with Gasteiger partial charge in [-0.05, 0) is 99.2 Å². The molecule has 0 heterocycles. The Morgan fingerprint density at radius 2 is 1.31 bits per heavy atom. The molecule has 5 rings (SSSR count). The van der Waals surface area contributed by atoms with E-state index in [1.165, 1.54) is 0 Å². The van der Waals surface area contributed by atoms with E-state index in [9.17, 15) is 14.4 Å². The molecule has 4 aromatic carbocycles. The van der Waals surface area contributed by atoms with Crippen LogP contribution >= 0.6 is 0 Å². The van der Waals surface area contributed by atoms with E-state index in [0.717, 1.165) is 33.4 Å². The highest BCUT2D eigenvalue weighted by molar-refractivity contribution is 5.85. The molecule has 0 fully saturated rings. The topological polar surface area (TPSA) is 112 Å². The summed E-state index contributed by atoms with van der Waals surface area (Å²) in [5, 5.41) is 5.48. The Morgan fingerprint density at radius 1 is 0.694 bits per heavy atom. The van der Waals surface area contributed by atoms with Gasteiger partial charge in [0.05, 0.1) is 0 Å². The van der Waals surface area contributed by atoms with Gasteiger partial charge < -0.3 is 24.3 Å². The number of anilines is 1. The summed E-state index contributed by atoms with van der Waals surface area (Å²) in [6.45, 7) is 11.2. The summed E-state index contributed by atoms with van der Waals surface area (Å²) in [7, 11) is 0. The average Bonchev–Trinajstić information content (AvgIpc) is 3.35. The molecule has 9 heteroatoms. The van der Waals surface area contributed by atoms with Crippen LogP contribution < -0.4 is 15.4 Å². The summed E-state index contributed by atoms with van der Waals surface area (Å²) >= 11 is 0. The minimum Gasteiger partial charge on any atom is -0.489 e. The fourth-order valence-electron chi connectivity index (χ4n) is 5.63. The number of ether oxygens (including phenoxy) is 4. The molecule has 4 aromatic rings. The molecule has 0 spiro atoms. The third-order valence-electron chi connectivity index (χ3n) is 7.67. The van der Waals surface area contributed by atoms with E-state index in [2.05, 4.69) is 34.9 Å². The second kappa shape index (κ2) is 14.8. The summed E-state index contributed by atoms with van der Waals surface area (Å²) in [6, 6.07) is 29.9. The standard InChI is InChI=1S/C40H44N2O7/c1-39(2,3)48-36(43)35(42-37(44)47-25-34-32-16-9-7-14-30(32)31-15-8-10-17-33(31)34)23-26-18-20-29(21-19-26)46-24-27-12-11-13-28(22-27)41-38(45)49-40(4,5)6/h7-22,34-35H,23-25H2,1-6H3,(H,41,45)(H,42,44)/t35-/m0/s1. The summed E-state index contributed by atoms with van der Waals surface area (Å²) in [5.41, 5.74) is 5.39. The SMILES string of the molecule is CC(C)(C)OC(=O)Nc1cccc(COc2ccc(C[C@H](NC(=O)OCC3c4ccccc4-c4ccccc43)C(=O)OC(C)(C)C)cc2)c1. The predicted octanol–water partition coefficient (Wildman–Crippen LogP) is 8.40. The Hall–Kier alpha value is -5.31. The maximum absolute atomic E-state index is 13.2. The van der Waals surface area contributed by atoms with E-state index >= 15 is 0 Å². The van der Waals surface area contributed by atoms with Gasteiger partial charge in [-0.25, -0.2) is 14.4 Å². The van der Waals surface area contributed by atoms with Gasteiger partial charge in [0.25, 0.3) is 0 Å². The molecule has 256 valence electrons. The maximum atomic E-state index is 13.2. The molecule has 0 bridgehead atoms. The van der Waals surface area contributed by atoms with Crippen LogP contribution in [0.4, 0.5) is 15.3 Å². The number of nitrogens with one attached hydrogen (secondary N) is 2. The number of carbonyl (C=O) groups is 3. The monoisotopic (exact) mass is 664 g/mol. The second-order valence-corrected chi connectivity index (χ2v) is 14.0. The molecule has 9 nitrogen and oxygen atoms in total. The minimum absolute atomic E-state index is 0.102. The zero-order valence-electron chi connectivity index (χ0n) is 28.9. The number of alkyl carbamates (subject to hydrolysis) is 1. The zero-order valence-corrected chi connectivity index (χ0v) is 28.9. The van der Waals surface area contributed by atoms with Crippen molar-refractivity contribution >= 4 is 23.8 Å². The van der Waals surface area contributed by atoms with E-state index in [1.54, 1.807) is 59.7 Å². The molecule has 49 heavy (non-hydrogen) atoms. The van der Waals surface area contributed by atoms with Gasteiger partial charge in [0.1, 0.15) is 36.2 Å².